The minimum atomic E-state index is -0.900. The van der Waals surface area contributed by atoms with E-state index in [2.05, 4.69) is 100 Å². The summed E-state index contributed by atoms with van der Waals surface area (Å²) in [5, 5.41) is 23.0. The Labute approximate surface area is 495 Å². The fourth-order valence-electron chi connectivity index (χ4n) is 12.1. The Morgan fingerprint density at radius 3 is 2.30 bits per heavy atom. The van der Waals surface area contributed by atoms with Gasteiger partial charge < -0.3 is 29.6 Å². The molecular weight excluding hydrogens is 1090 g/mol. The van der Waals surface area contributed by atoms with Gasteiger partial charge in [-0.25, -0.2) is 0 Å². The summed E-state index contributed by atoms with van der Waals surface area (Å²) < 4.78 is 8.45. The Morgan fingerprint density at radius 1 is 0.840 bits per heavy atom. The number of thiocarbonyl (C=S) groups is 1. The summed E-state index contributed by atoms with van der Waals surface area (Å²) in [6.45, 7) is 20.2. The van der Waals surface area contributed by atoms with Gasteiger partial charge in [0, 0.05) is 72.8 Å². The number of carboxylic acids is 2. The quantitative estimate of drug-likeness (QED) is 0.0368. The minimum absolute atomic E-state index is 0.0362. The number of rotatable bonds is 25. The van der Waals surface area contributed by atoms with E-state index < -0.39 is 22.8 Å². The average molecular weight is 1170 g/mol. The summed E-state index contributed by atoms with van der Waals surface area (Å²) >= 11 is 9.97. The summed E-state index contributed by atoms with van der Waals surface area (Å²) in [6.07, 6.45) is 19.7. The summed E-state index contributed by atoms with van der Waals surface area (Å²) in [5.41, 5.74) is 4.46. The first-order chi connectivity index (χ1) is 38.7. The smallest absolute Gasteiger partial charge is 0.305 e. The van der Waals surface area contributed by atoms with E-state index in [1.165, 1.54) is 27.7 Å². The highest BCUT2D eigenvalue weighted by molar-refractivity contribution is 8.30. The van der Waals surface area contributed by atoms with Crippen LogP contribution in [0.4, 0.5) is 11.4 Å². The molecule has 2 unspecified atom stereocenters. The summed E-state index contributed by atoms with van der Waals surface area (Å²) in [6, 6.07) is 16.0. The van der Waals surface area contributed by atoms with Crippen LogP contribution >= 0.6 is 47.1 Å². The molecule has 81 heavy (non-hydrogen) atoms. The highest BCUT2D eigenvalue weighted by Crippen LogP contribution is 2.52. The Bertz CT molecular complexity index is 3390. The van der Waals surface area contributed by atoms with Gasteiger partial charge in [-0.3, -0.25) is 33.4 Å². The number of carbonyl (C=O) groups excluding carboxylic acids is 2. The zero-order chi connectivity index (χ0) is 58.3. The van der Waals surface area contributed by atoms with Crippen LogP contribution in [0.25, 0.3) is 21.8 Å². The Morgan fingerprint density at radius 2 is 1.58 bits per heavy atom. The number of fused-ring (bicyclic) bond motifs is 4. The van der Waals surface area contributed by atoms with Crippen molar-refractivity contribution >= 4 is 108 Å². The Kier molecular flexibility index (Phi) is 20.1. The number of ketones is 1. The first-order valence-corrected chi connectivity index (χ1v) is 31.6. The number of benzene rings is 3. The van der Waals surface area contributed by atoms with Crippen molar-refractivity contribution in [3.8, 4) is 5.75 Å². The Hall–Kier alpha value is -5.88. The van der Waals surface area contributed by atoms with E-state index in [0.29, 0.717) is 37.4 Å². The molecule has 0 aliphatic carbocycles. The first kappa shape index (κ1) is 61.2. The third-order valence-corrected chi connectivity index (χ3v) is 19.7. The zero-order valence-electron chi connectivity index (χ0n) is 48.4. The van der Waals surface area contributed by atoms with E-state index in [4.69, 9.17) is 17.0 Å². The van der Waals surface area contributed by atoms with E-state index in [1.807, 2.05) is 60.7 Å². The topological polar surface area (TPSA) is 153 Å². The second kappa shape index (κ2) is 26.6. The third kappa shape index (κ3) is 13.6. The summed E-state index contributed by atoms with van der Waals surface area (Å²) in [5.74, 6) is 0.348. The zero-order valence-corrected chi connectivity index (χ0v) is 51.7. The molecule has 2 atom stereocenters. The molecular formula is C64H79N5O8S4. The van der Waals surface area contributed by atoms with Crippen LogP contribution in [0.1, 0.15) is 123 Å². The van der Waals surface area contributed by atoms with Gasteiger partial charge in [-0.15, -0.1) is 23.1 Å². The summed E-state index contributed by atoms with van der Waals surface area (Å²) in [4.78, 5) is 76.0. The molecule has 0 bridgehead atoms. The molecule has 1 aromatic heterocycles. The number of allylic oxidation sites excluding steroid dienone is 6. The van der Waals surface area contributed by atoms with Gasteiger partial charge in [-0.1, -0.05) is 147 Å². The van der Waals surface area contributed by atoms with Crippen LogP contribution in [-0.2, 0) is 43.0 Å². The predicted molar refractivity (Wildman–Crippen MR) is 338 cm³/mol. The van der Waals surface area contributed by atoms with Crippen molar-refractivity contribution in [1.29, 1.82) is 0 Å². The monoisotopic (exact) mass is 1170 g/mol. The highest BCUT2D eigenvalue weighted by atomic mass is 32.2. The van der Waals surface area contributed by atoms with Crippen LogP contribution in [0.15, 0.2) is 101 Å². The number of hydrogen-bond donors (Lipinski definition) is 2. The minimum Gasteiger partial charge on any atom is -0.497 e. The fraction of sp³-hybridized carbons (Fsp3) is 0.469. The number of carbonyl (C=O) groups is 4. The molecule has 0 spiro atoms. The second-order valence-corrected chi connectivity index (χ2v) is 27.0. The number of thioether (sulfide) groups is 2. The number of hydrogen-bond acceptors (Lipinski definition) is 13. The molecule has 2 N–H and O–H groups in total. The number of amides is 1. The van der Waals surface area contributed by atoms with Crippen LogP contribution in [0.3, 0.4) is 0 Å². The fourth-order valence-corrected chi connectivity index (χ4v) is 15.6. The molecule has 3 aromatic carbocycles. The van der Waals surface area contributed by atoms with Crippen molar-refractivity contribution in [2.75, 3.05) is 55.4 Å². The largest absolute Gasteiger partial charge is 0.497 e. The lowest BCUT2D eigenvalue weighted by molar-refractivity contribution is -0.137. The molecule has 0 saturated carbocycles. The van der Waals surface area contributed by atoms with Crippen LogP contribution < -0.4 is 29.3 Å². The van der Waals surface area contributed by atoms with E-state index >= 15 is 0 Å². The van der Waals surface area contributed by atoms with Crippen LogP contribution in [0, 0.1) is 11.8 Å². The molecule has 17 heteroatoms. The molecule has 4 aliphatic heterocycles. The van der Waals surface area contributed by atoms with Crippen molar-refractivity contribution in [3.63, 3.8) is 0 Å². The number of thiazole rings is 1. The van der Waals surface area contributed by atoms with E-state index in [0.717, 1.165) is 113 Å². The molecule has 13 nitrogen and oxygen atoms in total. The lowest BCUT2D eigenvalue weighted by Gasteiger charge is -2.36. The molecule has 4 aromatic rings. The lowest BCUT2D eigenvalue weighted by atomic mass is 9.72. The molecule has 2 fully saturated rings. The van der Waals surface area contributed by atoms with Gasteiger partial charge in [0.15, 0.2) is 5.78 Å². The van der Waals surface area contributed by atoms with Gasteiger partial charge in [-0.2, -0.15) is 0 Å². The molecule has 2 saturated heterocycles. The number of ether oxygens (including phenoxy) is 1. The van der Waals surface area contributed by atoms with E-state index in [-0.39, 0.29) is 61.6 Å². The van der Waals surface area contributed by atoms with Crippen molar-refractivity contribution < 1.29 is 34.1 Å². The number of unbranched alkanes of at least 4 members (excludes halogenated alkanes) is 3. The van der Waals surface area contributed by atoms with Gasteiger partial charge in [0.1, 0.15) is 19.6 Å². The molecule has 4 aliphatic rings. The van der Waals surface area contributed by atoms with E-state index in [1.54, 1.807) is 23.8 Å². The number of nitrogens with zero attached hydrogens (tertiary/aromatic N) is 5. The number of carboxylic acid groups (broad SMARTS) is 2. The maximum absolute atomic E-state index is 14.5. The first-order valence-electron chi connectivity index (χ1n) is 28.5. The van der Waals surface area contributed by atoms with Crippen molar-refractivity contribution in [2.24, 2.45) is 11.8 Å². The number of anilines is 2. The van der Waals surface area contributed by atoms with Gasteiger partial charge in [0.25, 0.3) is 11.5 Å². The lowest BCUT2D eigenvalue weighted by Crippen LogP contribution is -2.43. The highest BCUT2D eigenvalue weighted by Gasteiger charge is 2.47. The maximum atomic E-state index is 14.5. The summed E-state index contributed by atoms with van der Waals surface area (Å²) in [7, 11) is 1.65. The van der Waals surface area contributed by atoms with Gasteiger partial charge in [-0.05, 0) is 101 Å². The van der Waals surface area contributed by atoms with Crippen molar-refractivity contribution in [3.05, 3.63) is 132 Å². The predicted octanol–water partition coefficient (Wildman–Crippen LogP) is 11.4. The van der Waals surface area contributed by atoms with Crippen molar-refractivity contribution in [2.45, 2.75) is 137 Å². The number of aliphatic carboxylic acids is 2. The van der Waals surface area contributed by atoms with Gasteiger partial charge >= 0.3 is 11.9 Å². The average Bonchev–Trinajstić information content (AvgIpc) is 4.19. The molecule has 1 amide bonds. The Balaban J connectivity index is 1.10. The van der Waals surface area contributed by atoms with Gasteiger partial charge in [0.2, 0.25) is 0 Å². The molecule has 0 radical (unpaired) electrons. The number of aromatic nitrogens is 1. The van der Waals surface area contributed by atoms with E-state index in [9.17, 15) is 34.2 Å². The van der Waals surface area contributed by atoms with Crippen LogP contribution in [0.2, 0.25) is 0 Å². The van der Waals surface area contributed by atoms with Crippen LogP contribution in [0.5, 0.6) is 5.75 Å². The van der Waals surface area contributed by atoms with Gasteiger partial charge in [0.05, 0.1) is 42.1 Å². The number of methoxy groups -OCH3 is 1. The third-order valence-electron chi connectivity index (χ3n) is 15.9. The normalized spacial score (nSPS) is 20.8. The second-order valence-electron chi connectivity index (χ2n) is 23.2. The molecule has 8 rings (SSSR count). The maximum Gasteiger partial charge on any atom is 0.305 e. The standard InChI is InChI=1S/C64H79N5O8S4/c1-10-11-12-16-30-68-60(76)58(81-62(68)78)61-69(59(75)51(80-61)25-26-54-65(34-35-79-54)31-27-41(2)3)40-45(70)36-43-19-23-49-48(37-43)64(8,39-42(4)5)53(66(49)32-28-55(71)72)18-15-13-14-17-52-63(6,7)57-47-38-46(77-9)22-20-44(47)21-24-50(57)67(52)33-29-56(73)74/h13-15,17-26,37-38,41-42,53H,10-12,16,27-36,39-40H2,1-9H3,(H,71,72)(H,73,74)/b14-13+,18-15+,51-25-,52-17+,54-26+,61-58+. The SMILES string of the molecule is CCCCCCN1C(=O)/C(=c2\s/c(=C\C=C3\SCCN3CCC(C)C)c(=O)n2CC(=O)Cc2ccc3c(c2)C(C)(CC(C)C)C(/C=C/C=C/C=C2/N(CCC(=O)O)c4ccc5ccc(OC)cc5c4C2(C)C)N3CCC(=O)O)SC1=S. The molecule has 5 heterocycles. The van der Waals surface area contributed by atoms with Crippen LogP contribution in [-0.4, -0.2) is 104 Å². The number of Topliss-reactive ketones (excluding diaryl/α,β-unsaturated/α-hetero) is 1. The molecule has 432 valence electrons. The van der Waals surface area contributed by atoms with Crippen molar-refractivity contribution in [1.82, 2.24) is 14.4 Å².